The molecule has 0 amide bonds. The lowest BCUT2D eigenvalue weighted by atomic mass is 9.99. The van der Waals surface area contributed by atoms with Gasteiger partial charge in [0.2, 0.25) is 0 Å². The fourth-order valence-electron chi connectivity index (χ4n) is 7.28. The SMILES string of the molecule is CCCCCC[C@@H](O)CCC[C@H](O)C1CC[C@H](C2CC[C@@H]([C@H](O)CC[C@@H](O)CCCCCCCCCC3=C[C@H](C)OC3=O)O2)O1. The molecule has 2 saturated heterocycles. The second-order valence-corrected chi connectivity index (χ2v) is 14.2. The van der Waals surface area contributed by atoms with Crippen molar-refractivity contribution in [3.05, 3.63) is 11.6 Å². The Morgan fingerprint density at radius 3 is 1.73 bits per heavy atom. The van der Waals surface area contributed by atoms with Crippen molar-refractivity contribution in [1.82, 2.24) is 0 Å². The summed E-state index contributed by atoms with van der Waals surface area (Å²) < 4.78 is 17.6. The Hall–Kier alpha value is -1.03. The van der Waals surface area contributed by atoms with Crippen molar-refractivity contribution in [2.24, 2.45) is 0 Å². The average molecular weight is 639 g/mol. The van der Waals surface area contributed by atoms with Crippen molar-refractivity contribution in [3.63, 3.8) is 0 Å². The molecule has 0 aromatic carbocycles. The monoisotopic (exact) mass is 638 g/mol. The topological polar surface area (TPSA) is 126 Å². The zero-order valence-electron chi connectivity index (χ0n) is 28.5. The van der Waals surface area contributed by atoms with Crippen molar-refractivity contribution >= 4 is 5.97 Å². The molecule has 3 heterocycles. The molecule has 0 saturated carbocycles. The molecular formula is C37H66O8. The zero-order chi connectivity index (χ0) is 32.4. The van der Waals surface area contributed by atoms with E-state index in [2.05, 4.69) is 6.92 Å². The quantitative estimate of drug-likeness (QED) is 0.0634. The van der Waals surface area contributed by atoms with Crippen molar-refractivity contribution in [3.8, 4) is 0 Å². The highest BCUT2D eigenvalue weighted by molar-refractivity contribution is 5.90. The second kappa shape index (κ2) is 21.8. The van der Waals surface area contributed by atoms with Crippen molar-refractivity contribution < 1.29 is 39.4 Å². The van der Waals surface area contributed by atoms with Gasteiger partial charge in [0, 0.05) is 5.57 Å². The zero-order valence-corrected chi connectivity index (χ0v) is 28.5. The molecule has 0 spiro atoms. The Morgan fingerprint density at radius 1 is 0.644 bits per heavy atom. The van der Waals surface area contributed by atoms with Crippen LogP contribution in [0.5, 0.6) is 0 Å². The predicted molar refractivity (Wildman–Crippen MR) is 177 cm³/mol. The van der Waals surface area contributed by atoms with Crippen molar-refractivity contribution in [2.45, 2.75) is 216 Å². The number of carbonyl (C=O) groups is 1. The lowest BCUT2D eigenvalue weighted by molar-refractivity contribution is -0.139. The van der Waals surface area contributed by atoms with E-state index in [-0.39, 0.29) is 48.7 Å². The van der Waals surface area contributed by atoms with Crippen LogP contribution >= 0.6 is 0 Å². The first-order chi connectivity index (χ1) is 21.8. The molecule has 3 rings (SSSR count). The highest BCUT2D eigenvalue weighted by atomic mass is 16.6. The van der Waals surface area contributed by atoms with Gasteiger partial charge in [-0.3, -0.25) is 0 Å². The number of cyclic esters (lactones) is 1. The van der Waals surface area contributed by atoms with Crippen LogP contribution in [0.3, 0.4) is 0 Å². The van der Waals surface area contributed by atoms with Gasteiger partial charge in [-0.1, -0.05) is 71.1 Å². The molecule has 0 aliphatic carbocycles. The molecule has 0 aromatic rings. The summed E-state index contributed by atoms with van der Waals surface area (Å²) in [6.07, 6.45) is 21.2. The molecule has 8 nitrogen and oxygen atoms in total. The Labute approximate surface area is 273 Å². The first kappa shape index (κ1) is 38.4. The Balaban J connectivity index is 1.16. The van der Waals surface area contributed by atoms with E-state index in [0.717, 1.165) is 102 Å². The normalized spacial score (nSPS) is 27.8. The molecule has 2 unspecified atom stereocenters. The summed E-state index contributed by atoms with van der Waals surface area (Å²) in [5.74, 6) is -0.148. The molecular weight excluding hydrogens is 572 g/mol. The summed E-state index contributed by atoms with van der Waals surface area (Å²) in [5.41, 5.74) is 0.834. The number of aliphatic hydroxyl groups is 4. The minimum atomic E-state index is -0.578. The molecule has 262 valence electrons. The fourth-order valence-corrected chi connectivity index (χ4v) is 7.28. The van der Waals surface area contributed by atoms with Gasteiger partial charge in [-0.2, -0.15) is 0 Å². The minimum absolute atomic E-state index is 0.0381. The van der Waals surface area contributed by atoms with Crippen LogP contribution in [-0.4, -0.2) is 81.3 Å². The minimum Gasteiger partial charge on any atom is -0.455 e. The lowest BCUT2D eigenvalue weighted by Gasteiger charge is -2.24. The average Bonchev–Trinajstić information content (AvgIpc) is 3.77. The molecule has 4 N–H and O–H groups in total. The van der Waals surface area contributed by atoms with Gasteiger partial charge in [-0.15, -0.1) is 0 Å². The van der Waals surface area contributed by atoms with Gasteiger partial charge in [0.15, 0.2) is 0 Å². The number of esters is 1. The van der Waals surface area contributed by atoms with E-state index < -0.39 is 12.2 Å². The number of aliphatic hydroxyl groups excluding tert-OH is 4. The van der Waals surface area contributed by atoms with Crippen LogP contribution in [0.25, 0.3) is 0 Å². The smallest absolute Gasteiger partial charge is 0.334 e. The van der Waals surface area contributed by atoms with E-state index in [9.17, 15) is 25.2 Å². The third kappa shape index (κ3) is 14.7. The van der Waals surface area contributed by atoms with E-state index in [4.69, 9.17) is 14.2 Å². The molecule has 45 heavy (non-hydrogen) atoms. The summed E-state index contributed by atoms with van der Waals surface area (Å²) in [7, 11) is 0. The maximum absolute atomic E-state index is 11.6. The standard InChI is InChI=1S/C37H66O8/c1-3-4-5-12-16-29(38)18-14-19-31(40)33-22-24-35(44-33)36-25-23-34(45-36)32(41)21-20-30(39)17-13-10-8-6-7-9-11-15-28-26-27(2)43-37(28)42/h26-27,29-36,38-41H,3-25H2,1-2H3/t27-,29+,30-,31-,32+,33?,34-,35+,36?/m0/s1. The van der Waals surface area contributed by atoms with Gasteiger partial charge >= 0.3 is 5.97 Å². The second-order valence-electron chi connectivity index (χ2n) is 14.2. The van der Waals surface area contributed by atoms with Gasteiger partial charge in [-0.05, 0) is 96.5 Å². The third-order valence-corrected chi connectivity index (χ3v) is 10.1. The molecule has 9 atom stereocenters. The van der Waals surface area contributed by atoms with Crippen LogP contribution in [0.15, 0.2) is 11.6 Å². The van der Waals surface area contributed by atoms with Crippen LogP contribution in [0.2, 0.25) is 0 Å². The van der Waals surface area contributed by atoms with Crippen LogP contribution in [0, 0.1) is 0 Å². The fraction of sp³-hybridized carbons (Fsp3) is 0.919. The van der Waals surface area contributed by atoms with E-state index in [0.29, 0.717) is 19.3 Å². The van der Waals surface area contributed by atoms with Gasteiger partial charge in [0.25, 0.3) is 0 Å². The van der Waals surface area contributed by atoms with E-state index in [1.807, 2.05) is 13.0 Å². The summed E-state index contributed by atoms with van der Waals surface area (Å²) in [6.45, 7) is 4.08. The highest BCUT2D eigenvalue weighted by Gasteiger charge is 2.40. The largest absolute Gasteiger partial charge is 0.455 e. The van der Waals surface area contributed by atoms with Gasteiger partial charge in [0.1, 0.15) is 6.10 Å². The third-order valence-electron chi connectivity index (χ3n) is 10.1. The van der Waals surface area contributed by atoms with E-state index in [1.165, 1.54) is 32.1 Å². The maximum atomic E-state index is 11.6. The number of carbonyl (C=O) groups excluding carboxylic acids is 1. The first-order valence-electron chi connectivity index (χ1n) is 18.7. The van der Waals surface area contributed by atoms with Crippen LogP contribution < -0.4 is 0 Å². The number of unbranched alkanes of at least 4 members (excludes halogenated alkanes) is 9. The van der Waals surface area contributed by atoms with Crippen molar-refractivity contribution in [2.75, 3.05) is 0 Å². The molecule has 0 bridgehead atoms. The molecule has 3 aliphatic heterocycles. The number of hydrogen-bond acceptors (Lipinski definition) is 8. The maximum Gasteiger partial charge on any atom is 0.334 e. The molecule has 3 aliphatic rings. The summed E-state index contributed by atoms with van der Waals surface area (Å²) in [5, 5.41) is 42.1. The summed E-state index contributed by atoms with van der Waals surface area (Å²) >= 11 is 0. The van der Waals surface area contributed by atoms with Gasteiger partial charge in [-0.25, -0.2) is 4.79 Å². The Morgan fingerprint density at radius 2 is 1.16 bits per heavy atom. The van der Waals surface area contributed by atoms with Crippen molar-refractivity contribution in [1.29, 1.82) is 0 Å². The van der Waals surface area contributed by atoms with E-state index >= 15 is 0 Å². The molecule has 8 heteroatoms. The number of rotatable bonds is 25. The van der Waals surface area contributed by atoms with E-state index in [1.54, 1.807) is 0 Å². The Bertz CT molecular complexity index is 833. The Kier molecular flexibility index (Phi) is 18.6. The van der Waals surface area contributed by atoms with Crippen LogP contribution in [0.4, 0.5) is 0 Å². The van der Waals surface area contributed by atoms with Gasteiger partial charge < -0.3 is 34.6 Å². The summed E-state index contributed by atoms with van der Waals surface area (Å²) in [4.78, 5) is 11.6. The number of ether oxygens (including phenoxy) is 3. The first-order valence-corrected chi connectivity index (χ1v) is 18.7. The van der Waals surface area contributed by atoms with Crippen LogP contribution in [0.1, 0.15) is 162 Å². The lowest BCUT2D eigenvalue weighted by Crippen LogP contribution is -2.33. The highest BCUT2D eigenvalue weighted by Crippen LogP contribution is 2.34. The molecule has 0 aromatic heterocycles. The number of hydrogen-bond donors (Lipinski definition) is 4. The molecule has 2 fully saturated rings. The predicted octanol–water partition coefficient (Wildman–Crippen LogP) is 6.83. The van der Waals surface area contributed by atoms with Gasteiger partial charge in [0.05, 0.1) is 48.8 Å². The van der Waals surface area contributed by atoms with Crippen LogP contribution in [-0.2, 0) is 19.0 Å². The molecule has 0 radical (unpaired) electrons. The summed E-state index contributed by atoms with van der Waals surface area (Å²) in [6, 6.07) is 0.